The Bertz CT molecular complexity index is 1620. The predicted molar refractivity (Wildman–Crippen MR) is 187 cm³/mol. The van der Waals surface area contributed by atoms with E-state index >= 15 is 0 Å². The zero-order valence-corrected chi connectivity index (χ0v) is 30.0. The number of ether oxygens (including phenoxy) is 4. The van der Waals surface area contributed by atoms with Gasteiger partial charge in [-0.3, -0.25) is 0 Å². The number of quaternary nitrogens is 1. The van der Waals surface area contributed by atoms with Gasteiger partial charge in [0.2, 0.25) is 20.5 Å². The molecule has 2 aliphatic heterocycles. The molecule has 0 radical (unpaired) electrons. The number of methoxy groups -OCH3 is 3. The Balaban J connectivity index is 1.14. The van der Waals surface area contributed by atoms with E-state index in [1.165, 1.54) is 0 Å². The third kappa shape index (κ3) is 6.76. The summed E-state index contributed by atoms with van der Waals surface area (Å²) >= 11 is 0. The lowest BCUT2D eigenvalue weighted by Crippen LogP contribution is -3.17. The Morgan fingerprint density at radius 1 is 0.854 bits per heavy atom. The highest BCUT2D eigenvalue weighted by atomic mass is 32.2. The quantitative estimate of drug-likeness (QED) is 0.195. The molecule has 3 atom stereocenters. The van der Waals surface area contributed by atoms with Crippen molar-refractivity contribution in [2.45, 2.75) is 55.8 Å². The van der Waals surface area contributed by atoms with Gasteiger partial charge in [0.05, 0.1) is 38.4 Å². The van der Waals surface area contributed by atoms with Crippen molar-refractivity contribution in [2.75, 3.05) is 67.2 Å². The van der Waals surface area contributed by atoms with Crippen LogP contribution in [-0.2, 0) is 21.1 Å². The largest absolute Gasteiger partial charge is 0.632 e. The summed E-state index contributed by atoms with van der Waals surface area (Å²) in [7, 11) is 0.848. The fourth-order valence-electron chi connectivity index (χ4n) is 7.36. The number of rotatable bonds is 14. The first kappa shape index (κ1) is 35.9. The van der Waals surface area contributed by atoms with Crippen LogP contribution in [0.3, 0.4) is 0 Å². The number of hydroxylamine groups is 2. The molecule has 262 valence electrons. The molecule has 3 aromatic carbocycles. The van der Waals surface area contributed by atoms with Gasteiger partial charge in [-0.1, -0.05) is 44.2 Å². The second-order valence-electron chi connectivity index (χ2n) is 13.0. The van der Waals surface area contributed by atoms with Crippen LogP contribution in [-0.4, -0.2) is 85.4 Å². The third-order valence-electron chi connectivity index (χ3n) is 9.99. The van der Waals surface area contributed by atoms with Crippen LogP contribution in [0.2, 0.25) is 0 Å². The highest BCUT2D eigenvalue weighted by Gasteiger charge is 2.61. The van der Waals surface area contributed by atoms with E-state index in [0.717, 1.165) is 64.1 Å². The topological polar surface area (TPSA) is 105 Å². The number of para-hydroxylation sites is 1. The third-order valence-corrected chi connectivity index (χ3v) is 12.7. The van der Waals surface area contributed by atoms with Crippen LogP contribution in [0.15, 0.2) is 65.6 Å². The van der Waals surface area contributed by atoms with Gasteiger partial charge in [-0.15, -0.1) is 0 Å². The SMILES string of the molecule is COc1cc(CCN2CCN(CCCCOc3ccccc3C3(C(C)C)[NH+]([O-])C(C)c4ccccc4S3(=O)=O)CC2)cc(OC)c1OC. The van der Waals surface area contributed by atoms with E-state index in [-0.39, 0.29) is 9.96 Å². The minimum absolute atomic E-state index is 0.238. The van der Waals surface area contributed by atoms with Crippen molar-refractivity contribution < 1.29 is 32.4 Å². The Hall–Kier alpha value is -3.35. The zero-order valence-electron chi connectivity index (χ0n) is 29.2. The number of nitrogens with one attached hydrogen (secondary N) is 1. The van der Waals surface area contributed by atoms with Gasteiger partial charge in [-0.05, 0) is 68.6 Å². The Labute approximate surface area is 286 Å². The number of hydrogen-bond acceptors (Lipinski definition) is 9. The van der Waals surface area contributed by atoms with Crippen LogP contribution in [0.5, 0.6) is 23.0 Å². The summed E-state index contributed by atoms with van der Waals surface area (Å²) in [6, 6.07) is 17.6. The number of hydrogen-bond donors (Lipinski definition) is 1. The van der Waals surface area contributed by atoms with Crippen molar-refractivity contribution in [3.8, 4) is 23.0 Å². The van der Waals surface area contributed by atoms with E-state index in [4.69, 9.17) is 18.9 Å². The van der Waals surface area contributed by atoms with Crippen LogP contribution in [0.1, 0.15) is 56.3 Å². The average molecular weight is 682 g/mol. The maximum atomic E-state index is 14.3. The number of fused-ring (bicyclic) bond motifs is 1. The lowest BCUT2D eigenvalue weighted by molar-refractivity contribution is -0.931. The summed E-state index contributed by atoms with van der Waals surface area (Å²) in [5.41, 5.74) is 2.16. The van der Waals surface area contributed by atoms with Gasteiger partial charge >= 0.3 is 0 Å². The molecule has 48 heavy (non-hydrogen) atoms. The molecule has 2 heterocycles. The van der Waals surface area contributed by atoms with Gasteiger partial charge in [0.1, 0.15) is 11.8 Å². The van der Waals surface area contributed by atoms with Gasteiger partial charge in [0, 0.05) is 44.2 Å². The summed E-state index contributed by atoms with van der Waals surface area (Å²) in [5.74, 6) is 1.94. The van der Waals surface area contributed by atoms with E-state index in [9.17, 15) is 13.6 Å². The van der Waals surface area contributed by atoms with E-state index in [2.05, 4.69) is 9.80 Å². The van der Waals surface area contributed by atoms with Gasteiger partial charge < -0.3 is 39.0 Å². The maximum absolute atomic E-state index is 14.3. The van der Waals surface area contributed by atoms with Crippen molar-refractivity contribution in [1.29, 1.82) is 0 Å². The molecule has 1 saturated heterocycles. The van der Waals surface area contributed by atoms with E-state index < -0.39 is 26.7 Å². The first-order chi connectivity index (χ1) is 23.1. The maximum Gasteiger partial charge on any atom is 0.239 e. The molecule has 0 aliphatic carbocycles. The number of benzene rings is 3. The molecule has 1 N–H and O–H groups in total. The van der Waals surface area contributed by atoms with Crippen molar-refractivity contribution in [3.05, 3.63) is 82.6 Å². The Kier molecular flexibility index (Phi) is 11.6. The first-order valence-corrected chi connectivity index (χ1v) is 18.4. The highest BCUT2D eigenvalue weighted by molar-refractivity contribution is 7.92. The highest BCUT2D eigenvalue weighted by Crippen LogP contribution is 2.46. The van der Waals surface area contributed by atoms with Crippen LogP contribution < -0.4 is 24.0 Å². The minimum atomic E-state index is -4.04. The number of unbranched alkanes of at least 4 members (excludes halogenated alkanes) is 1. The van der Waals surface area contributed by atoms with Gasteiger partial charge in [0.15, 0.2) is 11.5 Å². The second kappa shape index (κ2) is 15.5. The van der Waals surface area contributed by atoms with Gasteiger partial charge in [-0.2, -0.15) is 0 Å². The molecule has 0 spiro atoms. The summed E-state index contributed by atoms with van der Waals surface area (Å²) in [5, 5.41) is 13.8. The molecule has 0 bridgehead atoms. The molecular weight excluding hydrogens is 630 g/mol. The smallest absolute Gasteiger partial charge is 0.239 e. The van der Waals surface area contributed by atoms with E-state index in [1.54, 1.807) is 63.8 Å². The molecule has 0 amide bonds. The van der Waals surface area contributed by atoms with Crippen LogP contribution >= 0.6 is 0 Å². The summed E-state index contributed by atoms with van der Waals surface area (Å²) in [4.78, 5) is 3.50. The van der Waals surface area contributed by atoms with Crippen molar-refractivity contribution in [3.63, 3.8) is 0 Å². The first-order valence-electron chi connectivity index (χ1n) is 16.9. The molecule has 1 fully saturated rings. The molecule has 5 rings (SSSR count). The van der Waals surface area contributed by atoms with Crippen molar-refractivity contribution in [1.82, 2.24) is 9.80 Å². The fourth-order valence-corrected chi connectivity index (χ4v) is 10.0. The summed E-state index contributed by atoms with van der Waals surface area (Å²) < 4.78 is 51.4. The molecule has 3 unspecified atom stereocenters. The molecule has 0 saturated carbocycles. The molecule has 11 heteroatoms. The minimum Gasteiger partial charge on any atom is -0.632 e. The molecular formula is C37H51N3O7S. The Morgan fingerprint density at radius 2 is 1.46 bits per heavy atom. The van der Waals surface area contributed by atoms with Crippen LogP contribution in [0.25, 0.3) is 0 Å². The number of nitrogens with zero attached hydrogens (tertiary/aromatic N) is 2. The molecule has 2 aliphatic rings. The van der Waals surface area contributed by atoms with Crippen LogP contribution in [0, 0.1) is 11.1 Å². The molecule has 3 aromatic rings. The van der Waals surface area contributed by atoms with Gasteiger partial charge in [-0.25, -0.2) is 8.42 Å². The van der Waals surface area contributed by atoms with E-state index in [0.29, 0.717) is 40.7 Å². The monoisotopic (exact) mass is 681 g/mol. The zero-order chi connectivity index (χ0) is 34.5. The standard InChI is InChI=1S/C37H51N3O7S/c1-27(2)37(40(41)28(3)30-13-7-10-16-35(30)48(37,42)43)31-14-8-9-15-32(31)47-24-12-11-18-38-20-22-39(23-21-38)19-17-29-25-33(44-4)36(46-6)34(26-29)45-5/h7-10,13-16,25-28,40H,11-12,17-24H2,1-6H3. The number of sulfone groups is 1. The van der Waals surface area contributed by atoms with Crippen molar-refractivity contribution >= 4 is 9.84 Å². The molecule has 0 aromatic heterocycles. The fraction of sp³-hybridized carbons (Fsp3) is 0.514. The summed E-state index contributed by atoms with van der Waals surface area (Å²) in [6.07, 6.45) is 2.68. The van der Waals surface area contributed by atoms with E-state index in [1.807, 2.05) is 39.0 Å². The Morgan fingerprint density at radius 3 is 2.08 bits per heavy atom. The van der Waals surface area contributed by atoms with Crippen LogP contribution in [0.4, 0.5) is 0 Å². The van der Waals surface area contributed by atoms with Gasteiger partial charge in [0.25, 0.3) is 0 Å². The van der Waals surface area contributed by atoms with Crippen molar-refractivity contribution in [2.24, 2.45) is 5.92 Å². The normalized spacial score (nSPS) is 22.7. The lowest BCUT2D eigenvalue weighted by Gasteiger charge is -2.51. The summed E-state index contributed by atoms with van der Waals surface area (Å²) in [6.45, 7) is 11.9. The average Bonchev–Trinajstić information content (AvgIpc) is 3.10. The molecule has 10 nitrogen and oxygen atoms in total. The predicted octanol–water partition coefficient (Wildman–Crippen LogP) is 4.47. The lowest BCUT2D eigenvalue weighted by atomic mass is 9.91. The number of piperazine rings is 1. The second-order valence-corrected chi connectivity index (χ2v) is 15.1.